The van der Waals surface area contributed by atoms with Gasteiger partial charge in [-0.15, -0.1) is 0 Å². The highest BCUT2D eigenvalue weighted by Crippen LogP contribution is 2.51. The van der Waals surface area contributed by atoms with E-state index in [4.69, 9.17) is 35.2 Å². The summed E-state index contributed by atoms with van der Waals surface area (Å²) in [5.41, 5.74) is 13.0. The maximum absolute atomic E-state index is 12.7. The molecule has 2 aromatic rings. The largest absolute Gasteiger partial charge is 0.493 e. The van der Waals surface area contributed by atoms with E-state index in [2.05, 4.69) is 0 Å². The number of hydrogen-bond donors (Lipinski definition) is 2. The summed E-state index contributed by atoms with van der Waals surface area (Å²) in [6.07, 6.45) is 0.559. The van der Waals surface area contributed by atoms with Crippen LogP contribution in [0.5, 0.6) is 23.0 Å². The minimum absolute atomic E-state index is 0.123. The van der Waals surface area contributed by atoms with Crippen molar-refractivity contribution in [1.29, 1.82) is 0 Å². The summed E-state index contributed by atoms with van der Waals surface area (Å²) in [5.74, 6) is 0.388. The standard InChI is InChI=1S/C24H30N2O7/c1-13-16-10-15(23(27)33-24(28)17(26)6-5-9-25)12-20(31-4)22(16)32-21(13)14-7-8-18(29-2)19(11-14)30-3/h7-8,10-13,17,21H,5-6,9,25-26H2,1-4H3/t13?,17-,21?/m1/s1. The number of hydrogen-bond acceptors (Lipinski definition) is 9. The lowest BCUT2D eigenvalue weighted by atomic mass is 9.91. The van der Waals surface area contributed by atoms with Crippen molar-refractivity contribution < 1.29 is 33.3 Å². The Morgan fingerprint density at radius 2 is 1.73 bits per heavy atom. The lowest BCUT2D eigenvalue weighted by Crippen LogP contribution is -2.34. The zero-order chi connectivity index (χ0) is 24.1. The van der Waals surface area contributed by atoms with Gasteiger partial charge in [0.15, 0.2) is 23.0 Å². The molecule has 2 aromatic carbocycles. The molecule has 9 nitrogen and oxygen atoms in total. The quantitative estimate of drug-likeness (QED) is 0.430. The molecule has 0 saturated carbocycles. The number of carbonyl (C=O) groups excluding carboxylic acids is 2. The molecule has 4 N–H and O–H groups in total. The van der Waals surface area contributed by atoms with E-state index in [9.17, 15) is 9.59 Å². The second kappa shape index (κ2) is 10.5. The third kappa shape index (κ3) is 5.04. The number of nitrogens with two attached hydrogens (primary N) is 2. The van der Waals surface area contributed by atoms with Gasteiger partial charge >= 0.3 is 11.9 Å². The zero-order valence-corrected chi connectivity index (χ0v) is 19.3. The van der Waals surface area contributed by atoms with Crippen LogP contribution in [-0.2, 0) is 9.53 Å². The normalized spacial score (nSPS) is 17.5. The summed E-state index contributed by atoms with van der Waals surface area (Å²) in [6, 6.07) is 7.80. The maximum atomic E-state index is 12.7. The monoisotopic (exact) mass is 458 g/mol. The molecule has 0 radical (unpaired) electrons. The molecule has 1 aliphatic heterocycles. The second-order valence-corrected chi connectivity index (χ2v) is 7.78. The van der Waals surface area contributed by atoms with Gasteiger partial charge < -0.3 is 35.2 Å². The minimum Gasteiger partial charge on any atom is -0.493 e. The Morgan fingerprint density at radius 1 is 1.03 bits per heavy atom. The van der Waals surface area contributed by atoms with Crippen molar-refractivity contribution in [2.24, 2.45) is 11.5 Å². The van der Waals surface area contributed by atoms with Crippen molar-refractivity contribution in [3.63, 3.8) is 0 Å². The lowest BCUT2D eigenvalue weighted by Gasteiger charge is -2.18. The first-order valence-electron chi connectivity index (χ1n) is 10.7. The number of rotatable bonds is 9. The summed E-state index contributed by atoms with van der Waals surface area (Å²) in [6.45, 7) is 2.38. The molecule has 0 bridgehead atoms. The summed E-state index contributed by atoms with van der Waals surface area (Å²) in [5, 5.41) is 0. The Balaban J connectivity index is 1.86. The van der Waals surface area contributed by atoms with Crippen LogP contribution in [0.15, 0.2) is 30.3 Å². The van der Waals surface area contributed by atoms with Crippen LogP contribution in [0, 0.1) is 0 Å². The number of benzene rings is 2. The molecule has 0 amide bonds. The van der Waals surface area contributed by atoms with Crippen LogP contribution >= 0.6 is 0 Å². The number of ether oxygens (including phenoxy) is 5. The van der Waals surface area contributed by atoms with Gasteiger partial charge in [-0.25, -0.2) is 9.59 Å². The van der Waals surface area contributed by atoms with Crippen LogP contribution in [0.4, 0.5) is 0 Å². The fourth-order valence-electron chi connectivity index (χ4n) is 3.82. The average molecular weight is 459 g/mol. The Kier molecular flexibility index (Phi) is 7.78. The molecular formula is C24H30N2O7. The van der Waals surface area contributed by atoms with Gasteiger partial charge in [-0.05, 0) is 49.2 Å². The van der Waals surface area contributed by atoms with Gasteiger partial charge in [-0.3, -0.25) is 0 Å². The Labute approximate surface area is 192 Å². The molecule has 9 heteroatoms. The molecule has 0 fully saturated rings. The summed E-state index contributed by atoms with van der Waals surface area (Å²) < 4.78 is 27.4. The van der Waals surface area contributed by atoms with Gasteiger partial charge in [-0.1, -0.05) is 13.0 Å². The van der Waals surface area contributed by atoms with E-state index in [1.165, 1.54) is 13.2 Å². The van der Waals surface area contributed by atoms with Crippen molar-refractivity contribution in [3.05, 3.63) is 47.0 Å². The first-order chi connectivity index (χ1) is 15.8. The van der Waals surface area contributed by atoms with Crippen LogP contribution in [0.1, 0.15) is 53.3 Å². The van der Waals surface area contributed by atoms with E-state index in [-0.39, 0.29) is 17.6 Å². The first kappa shape index (κ1) is 24.3. The topological polar surface area (TPSA) is 132 Å². The average Bonchev–Trinajstić information content (AvgIpc) is 3.17. The SMILES string of the molecule is COc1ccc(C2Oc3c(OC)cc(C(=O)OC(=O)[C@H](N)CCCN)cc3C2C)cc1OC. The number of fused-ring (bicyclic) bond motifs is 1. The fourth-order valence-corrected chi connectivity index (χ4v) is 3.82. The second-order valence-electron chi connectivity index (χ2n) is 7.78. The maximum Gasteiger partial charge on any atom is 0.345 e. The molecule has 0 saturated heterocycles. The van der Waals surface area contributed by atoms with Crippen molar-refractivity contribution in [1.82, 2.24) is 0 Å². The van der Waals surface area contributed by atoms with Gasteiger partial charge in [0.25, 0.3) is 0 Å². The molecule has 3 atom stereocenters. The van der Waals surface area contributed by atoms with E-state index in [0.717, 1.165) is 11.1 Å². The van der Waals surface area contributed by atoms with Crippen molar-refractivity contribution in [3.8, 4) is 23.0 Å². The van der Waals surface area contributed by atoms with Gasteiger partial charge in [0.05, 0.1) is 26.9 Å². The summed E-state index contributed by atoms with van der Waals surface area (Å²) in [7, 11) is 4.62. The number of carbonyl (C=O) groups is 2. The highest BCUT2D eigenvalue weighted by atomic mass is 16.6. The predicted molar refractivity (Wildman–Crippen MR) is 121 cm³/mol. The summed E-state index contributed by atoms with van der Waals surface area (Å²) in [4.78, 5) is 24.8. The molecule has 33 heavy (non-hydrogen) atoms. The van der Waals surface area contributed by atoms with Crippen molar-refractivity contribution in [2.75, 3.05) is 27.9 Å². The molecule has 1 aliphatic rings. The van der Waals surface area contributed by atoms with E-state index in [1.807, 2.05) is 25.1 Å². The van der Waals surface area contributed by atoms with E-state index in [1.54, 1.807) is 20.3 Å². The predicted octanol–water partition coefficient (Wildman–Crippen LogP) is 2.70. The zero-order valence-electron chi connectivity index (χ0n) is 19.3. The third-order valence-corrected chi connectivity index (χ3v) is 5.68. The highest BCUT2D eigenvalue weighted by Gasteiger charge is 2.36. The lowest BCUT2D eigenvalue weighted by molar-refractivity contribution is -0.139. The van der Waals surface area contributed by atoms with Gasteiger partial charge in [0, 0.05) is 11.5 Å². The molecule has 178 valence electrons. The molecular weight excluding hydrogens is 428 g/mol. The van der Waals surface area contributed by atoms with E-state index >= 15 is 0 Å². The molecule has 0 spiro atoms. The Morgan fingerprint density at radius 3 is 2.36 bits per heavy atom. The van der Waals surface area contributed by atoms with Gasteiger partial charge in [0.2, 0.25) is 0 Å². The van der Waals surface area contributed by atoms with Crippen molar-refractivity contribution >= 4 is 11.9 Å². The molecule has 1 heterocycles. The smallest absolute Gasteiger partial charge is 0.345 e. The van der Waals surface area contributed by atoms with Crippen LogP contribution in [0.3, 0.4) is 0 Å². The molecule has 0 aliphatic carbocycles. The molecule has 0 aromatic heterocycles. The molecule has 3 rings (SSSR count). The first-order valence-corrected chi connectivity index (χ1v) is 10.7. The van der Waals surface area contributed by atoms with Gasteiger partial charge in [-0.2, -0.15) is 0 Å². The number of methoxy groups -OCH3 is 3. The third-order valence-electron chi connectivity index (χ3n) is 5.68. The molecule has 2 unspecified atom stereocenters. The highest BCUT2D eigenvalue weighted by molar-refractivity contribution is 5.98. The van der Waals surface area contributed by atoms with Crippen LogP contribution in [0.25, 0.3) is 0 Å². The van der Waals surface area contributed by atoms with Crippen LogP contribution < -0.4 is 30.4 Å². The summed E-state index contributed by atoms with van der Waals surface area (Å²) >= 11 is 0. The Bertz CT molecular complexity index is 1020. The Hall–Kier alpha value is -3.30. The van der Waals surface area contributed by atoms with E-state index in [0.29, 0.717) is 42.4 Å². The fraction of sp³-hybridized carbons (Fsp3) is 0.417. The van der Waals surface area contributed by atoms with E-state index < -0.39 is 18.0 Å². The van der Waals surface area contributed by atoms with Crippen LogP contribution in [-0.4, -0.2) is 45.9 Å². The van der Waals surface area contributed by atoms with Gasteiger partial charge in [0.1, 0.15) is 12.1 Å². The van der Waals surface area contributed by atoms with Crippen molar-refractivity contribution in [2.45, 2.75) is 37.8 Å². The minimum atomic E-state index is -0.912. The number of esters is 2. The van der Waals surface area contributed by atoms with Crippen LogP contribution in [0.2, 0.25) is 0 Å².